The van der Waals surface area contributed by atoms with Crippen LogP contribution in [0.3, 0.4) is 0 Å². The van der Waals surface area contributed by atoms with E-state index in [4.69, 9.17) is 0 Å². The number of aryl methyl sites for hydroxylation is 3. The van der Waals surface area contributed by atoms with Gasteiger partial charge < -0.3 is 17.2 Å². The lowest BCUT2D eigenvalue weighted by atomic mass is 10.0. The average molecular weight is 226 g/mol. The van der Waals surface area contributed by atoms with Crippen LogP contribution in [0.5, 0.6) is 0 Å². The zero-order valence-corrected chi connectivity index (χ0v) is 11.6. The van der Waals surface area contributed by atoms with Crippen LogP contribution in [0.2, 0.25) is 0 Å². The summed E-state index contributed by atoms with van der Waals surface area (Å²) in [5.41, 5.74) is 18.6. The molecular weight excluding hydrogens is 198 g/mol. The minimum absolute atomic E-state index is 1.17. The molecule has 16 heavy (non-hydrogen) atoms. The van der Waals surface area contributed by atoms with Crippen molar-refractivity contribution in [2.45, 2.75) is 20.8 Å². The largest absolute Gasteiger partial charge is 0.333 e. The van der Waals surface area contributed by atoms with E-state index in [9.17, 15) is 0 Å². The molecule has 0 fully saturated rings. The lowest BCUT2D eigenvalue weighted by Gasteiger charge is -2.04. The smallest absolute Gasteiger partial charge is 0.0195 e. The quantitative estimate of drug-likeness (QED) is 0.627. The Kier molecular flexibility index (Phi) is 18.1. The van der Waals surface area contributed by atoms with Crippen molar-refractivity contribution in [1.29, 1.82) is 0 Å². The molecule has 0 saturated carbocycles. The molecule has 1 aromatic rings. The Balaban J connectivity index is -0.000000245. The van der Waals surface area contributed by atoms with Crippen LogP contribution in [0.15, 0.2) is 12.1 Å². The minimum atomic E-state index is 1.17. The molecule has 1 rings (SSSR count). The van der Waals surface area contributed by atoms with Gasteiger partial charge in [0.15, 0.2) is 0 Å². The maximum absolute atomic E-state index is 4.50. The van der Waals surface area contributed by atoms with E-state index in [0.717, 1.165) is 0 Å². The first-order valence-electron chi connectivity index (χ1n) is 5.24. The van der Waals surface area contributed by atoms with Crippen LogP contribution in [-0.4, -0.2) is 21.1 Å². The van der Waals surface area contributed by atoms with E-state index in [-0.39, 0.29) is 0 Å². The molecular formula is C13H28N3. The number of benzene rings is 1. The highest BCUT2D eigenvalue weighted by Crippen LogP contribution is 2.13. The molecule has 0 aliphatic carbocycles. The SMILES string of the molecule is CN.CN.CN.[CH2]c1c(C)cc(C)cc1C. The standard InChI is InChI=1S/C10H13.3CH5N/c1-7-5-8(2)10(4)9(3)6-7;3*1-2/h5-6H,4H2,1-3H3;3*2H2,1H3. The average Bonchev–Trinajstić information content (AvgIpc) is 2.33. The fraction of sp³-hybridized carbons (Fsp3) is 0.462. The summed E-state index contributed by atoms with van der Waals surface area (Å²) in [5.74, 6) is 0. The van der Waals surface area contributed by atoms with Crippen molar-refractivity contribution in [3.63, 3.8) is 0 Å². The van der Waals surface area contributed by atoms with Crippen LogP contribution in [0, 0.1) is 27.7 Å². The van der Waals surface area contributed by atoms with Gasteiger partial charge in [-0.25, -0.2) is 0 Å². The first kappa shape index (κ1) is 20.5. The molecule has 0 aromatic heterocycles. The zero-order valence-electron chi connectivity index (χ0n) is 11.6. The number of hydrogen-bond donors (Lipinski definition) is 3. The highest BCUT2D eigenvalue weighted by Gasteiger charge is 1.96. The number of rotatable bonds is 0. The third-order valence-electron chi connectivity index (χ3n) is 1.84. The Morgan fingerprint density at radius 1 is 0.750 bits per heavy atom. The Bertz CT molecular complexity index is 234. The molecule has 0 aliphatic heterocycles. The van der Waals surface area contributed by atoms with Gasteiger partial charge >= 0.3 is 0 Å². The fourth-order valence-corrected chi connectivity index (χ4v) is 1.21. The summed E-state index contributed by atoms with van der Waals surface area (Å²) in [7, 11) is 4.50. The van der Waals surface area contributed by atoms with Gasteiger partial charge in [-0.1, -0.05) is 17.7 Å². The summed E-state index contributed by atoms with van der Waals surface area (Å²) in [5, 5.41) is 0. The van der Waals surface area contributed by atoms with Crippen LogP contribution in [0.25, 0.3) is 0 Å². The third kappa shape index (κ3) is 8.41. The molecule has 0 spiro atoms. The van der Waals surface area contributed by atoms with Crippen LogP contribution < -0.4 is 17.2 Å². The first-order valence-corrected chi connectivity index (χ1v) is 5.24. The van der Waals surface area contributed by atoms with Gasteiger partial charge in [0.05, 0.1) is 0 Å². The van der Waals surface area contributed by atoms with Gasteiger partial charge in [-0.3, -0.25) is 0 Å². The Morgan fingerprint density at radius 3 is 1.25 bits per heavy atom. The summed E-state index contributed by atoms with van der Waals surface area (Å²) >= 11 is 0. The molecule has 0 heterocycles. The second kappa shape index (κ2) is 14.1. The van der Waals surface area contributed by atoms with Gasteiger partial charge in [0, 0.05) is 0 Å². The Labute approximate surface area is 101 Å². The maximum Gasteiger partial charge on any atom is -0.0195 e. The van der Waals surface area contributed by atoms with Gasteiger partial charge in [-0.2, -0.15) is 0 Å². The molecule has 0 saturated heterocycles. The van der Waals surface area contributed by atoms with Crippen molar-refractivity contribution in [2.24, 2.45) is 17.2 Å². The van der Waals surface area contributed by atoms with Gasteiger partial charge in [-0.15, -0.1) is 0 Å². The van der Waals surface area contributed by atoms with E-state index in [2.05, 4.69) is 57.0 Å². The van der Waals surface area contributed by atoms with E-state index in [1.54, 1.807) is 0 Å². The van der Waals surface area contributed by atoms with Crippen LogP contribution >= 0.6 is 0 Å². The fourth-order valence-electron chi connectivity index (χ4n) is 1.21. The van der Waals surface area contributed by atoms with Gasteiger partial charge in [-0.05, 0) is 65.5 Å². The molecule has 0 aliphatic rings. The zero-order chi connectivity index (χ0) is 13.7. The molecule has 6 N–H and O–H groups in total. The van der Waals surface area contributed by atoms with Crippen molar-refractivity contribution in [3.05, 3.63) is 41.3 Å². The predicted octanol–water partition coefficient (Wildman–Crippen LogP) is 1.52. The number of nitrogens with two attached hydrogens (primary N) is 3. The maximum atomic E-state index is 4.50. The van der Waals surface area contributed by atoms with E-state index in [0.29, 0.717) is 0 Å². The van der Waals surface area contributed by atoms with E-state index >= 15 is 0 Å². The predicted molar refractivity (Wildman–Crippen MR) is 75.4 cm³/mol. The third-order valence-corrected chi connectivity index (χ3v) is 1.84. The second-order valence-corrected chi connectivity index (χ2v) is 2.88. The van der Waals surface area contributed by atoms with E-state index in [1.165, 1.54) is 43.4 Å². The Morgan fingerprint density at radius 2 is 1.00 bits per heavy atom. The van der Waals surface area contributed by atoms with Gasteiger partial charge in [0.1, 0.15) is 0 Å². The normalized spacial score (nSPS) is 7.38. The molecule has 1 aromatic carbocycles. The summed E-state index contributed by atoms with van der Waals surface area (Å²) in [6.07, 6.45) is 0. The monoisotopic (exact) mass is 226 g/mol. The Hall–Kier alpha value is -0.900. The van der Waals surface area contributed by atoms with Crippen molar-refractivity contribution in [3.8, 4) is 0 Å². The molecule has 3 heteroatoms. The topological polar surface area (TPSA) is 78.1 Å². The van der Waals surface area contributed by atoms with Gasteiger partial charge in [0.25, 0.3) is 0 Å². The van der Waals surface area contributed by atoms with E-state index < -0.39 is 0 Å². The first-order chi connectivity index (χ1) is 7.61. The molecule has 0 atom stereocenters. The molecule has 0 amide bonds. The summed E-state index contributed by atoms with van der Waals surface area (Å²) in [4.78, 5) is 0. The van der Waals surface area contributed by atoms with Crippen molar-refractivity contribution >= 4 is 0 Å². The molecule has 1 radical (unpaired) electrons. The van der Waals surface area contributed by atoms with Gasteiger partial charge in [0.2, 0.25) is 0 Å². The summed E-state index contributed by atoms with van der Waals surface area (Å²) in [6, 6.07) is 4.32. The van der Waals surface area contributed by atoms with Crippen LogP contribution in [0.1, 0.15) is 22.3 Å². The molecule has 3 nitrogen and oxygen atoms in total. The molecule has 95 valence electrons. The summed E-state index contributed by atoms with van der Waals surface area (Å²) < 4.78 is 0. The van der Waals surface area contributed by atoms with Crippen molar-refractivity contribution in [1.82, 2.24) is 0 Å². The minimum Gasteiger partial charge on any atom is -0.333 e. The van der Waals surface area contributed by atoms with E-state index in [1.807, 2.05) is 0 Å². The van der Waals surface area contributed by atoms with Crippen LogP contribution in [0.4, 0.5) is 0 Å². The lowest BCUT2D eigenvalue weighted by molar-refractivity contribution is 1.28. The van der Waals surface area contributed by atoms with Crippen molar-refractivity contribution < 1.29 is 0 Å². The molecule has 0 bridgehead atoms. The second-order valence-electron chi connectivity index (χ2n) is 2.88. The van der Waals surface area contributed by atoms with Crippen molar-refractivity contribution in [2.75, 3.05) is 21.1 Å². The highest BCUT2D eigenvalue weighted by molar-refractivity contribution is 5.38. The lowest BCUT2D eigenvalue weighted by Crippen LogP contribution is -1.86. The summed E-state index contributed by atoms with van der Waals surface area (Å²) in [6.45, 7) is 10.3. The van der Waals surface area contributed by atoms with Crippen LogP contribution in [-0.2, 0) is 0 Å². The number of hydrogen-bond acceptors (Lipinski definition) is 3. The molecule has 0 unspecified atom stereocenters. The highest BCUT2D eigenvalue weighted by atomic mass is 14.4.